The van der Waals surface area contributed by atoms with Crippen LogP contribution in [-0.2, 0) is 6.42 Å². The maximum absolute atomic E-state index is 6.22. The van der Waals surface area contributed by atoms with E-state index >= 15 is 0 Å². The van der Waals surface area contributed by atoms with E-state index in [0.717, 1.165) is 82.2 Å². The number of rotatable bonds is 16. The molecule has 0 aromatic carbocycles. The number of hydrogen-bond donors (Lipinski definition) is 5. The van der Waals surface area contributed by atoms with Crippen molar-refractivity contribution in [2.45, 2.75) is 147 Å². The predicted octanol–water partition coefficient (Wildman–Crippen LogP) is 8.79. The second kappa shape index (κ2) is 26.7. The Morgan fingerprint density at radius 3 is 1.49 bits per heavy atom. The maximum atomic E-state index is 6.22. The van der Waals surface area contributed by atoms with Gasteiger partial charge >= 0.3 is 0 Å². The number of aromatic nitrogens is 4. The van der Waals surface area contributed by atoms with Gasteiger partial charge in [0.15, 0.2) is 0 Å². The summed E-state index contributed by atoms with van der Waals surface area (Å²) in [7, 11) is 0. The van der Waals surface area contributed by atoms with Crippen LogP contribution in [0.2, 0.25) is 20.7 Å². The van der Waals surface area contributed by atoms with Gasteiger partial charge in [-0.25, -0.2) is 19.9 Å². The van der Waals surface area contributed by atoms with Gasteiger partial charge in [-0.3, -0.25) is 0 Å². The summed E-state index contributed by atoms with van der Waals surface area (Å²) >= 11 is 22.4. The standard InChI is InChI=1S/C23H40ClN5.C9H20N2.C4HCl3N2/c24-22-18-21(14-7-8-15-25-19-10-3-1-4-11-19)28-23(29-22)27-17-9-16-26-20-12-5-2-6-13-20;10-7-4-8-11-9-5-2-1-3-6-9;5-2-1-3(6)9-4(7)8-2/h18-20,25-26H,1-17H2,(H,27,28,29);9,11H,1-8,10H2;1H. The zero-order valence-corrected chi connectivity index (χ0v) is 32.5. The monoisotopic (exact) mass is 759 g/mol. The van der Waals surface area contributed by atoms with Gasteiger partial charge in [-0.15, -0.1) is 0 Å². The third-order valence-corrected chi connectivity index (χ3v) is 10.1. The first-order chi connectivity index (χ1) is 23.9. The van der Waals surface area contributed by atoms with Crippen LogP contribution in [0.4, 0.5) is 5.95 Å². The number of nitrogens with one attached hydrogen (secondary N) is 4. The quantitative estimate of drug-likeness (QED) is 0.0649. The summed E-state index contributed by atoms with van der Waals surface area (Å²) in [4.78, 5) is 16.1. The van der Waals surface area contributed by atoms with E-state index in [0.29, 0.717) is 11.1 Å². The number of nitrogens with two attached hydrogens (primary N) is 1. The molecule has 3 aliphatic rings. The average molecular weight is 762 g/mol. The number of hydrogen-bond acceptors (Lipinski definition) is 9. The number of unbranched alkanes of at least 4 members (excludes halogenated alkanes) is 1. The fourth-order valence-corrected chi connectivity index (χ4v) is 7.59. The maximum Gasteiger partial charge on any atom is 0.225 e. The molecular formula is C36H61Cl4N9. The van der Waals surface area contributed by atoms with Gasteiger partial charge < -0.3 is 27.0 Å². The van der Waals surface area contributed by atoms with Gasteiger partial charge in [-0.2, -0.15) is 0 Å². The molecule has 9 nitrogen and oxygen atoms in total. The second-order valence-corrected chi connectivity index (χ2v) is 15.0. The first kappa shape index (κ1) is 42.4. The minimum atomic E-state index is 0.0625. The number of anilines is 1. The lowest BCUT2D eigenvalue weighted by molar-refractivity contribution is 0.371. The molecule has 13 heteroatoms. The summed E-state index contributed by atoms with van der Waals surface area (Å²) in [6.45, 7) is 4.98. The molecule has 49 heavy (non-hydrogen) atoms. The Labute approximate surface area is 315 Å². The largest absolute Gasteiger partial charge is 0.354 e. The molecule has 2 aromatic rings. The highest BCUT2D eigenvalue weighted by molar-refractivity contribution is 6.35. The number of aryl methyl sites for hydroxylation is 1. The van der Waals surface area contributed by atoms with Crippen molar-refractivity contribution >= 4 is 52.4 Å². The molecule has 0 radical (unpaired) electrons. The van der Waals surface area contributed by atoms with Crippen molar-refractivity contribution in [2.75, 3.05) is 38.0 Å². The van der Waals surface area contributed by atoms with E-state index in [-0.39, 0.29) is 15.6 Å². The fourth-order valence-electron chi connectivity index (χ4n) is 6.70. The minimum absolute atomic E-state index is 0.0625. The summed E-state index contributed by atoms with van der Waals surface area (Å²) in [5, 5.41) is 15.4. The summed E-state index contributed by atoms with van der Waals surface area (Å²) in [5.41, 5.74) is 6.45. The lowest BCUT2D eigenvalue weighted by Gasteiger charge is -2.22. The van der Waals surface area contributed by atoms with E-state index in [4.69, 9.17) is 52.1 Å². The Kier molecular flexibility index (Phi) is 23.1. The normalized spacial score (nSPS) is 17.5. The number of halogens is 4. The highest BCUT2D eigenvalue weighted by Gasteiger charge is 2.13. The molecule has 0 atom stereocenters. The average Bonchev–Trinajstić information content (AvgIpc) is 3.09. The van der Waals surface area contributed by atoms with Crippen molar-refractivity contribution in [2.24, 2.45) is 5.73 Å². The highest BCUT2D eigenvalue weighted by atomic mass is 35.5. The van der Waals surface area contributed by atoms with Gasteiger partial charge in [0.25, 0.3) is 0 Å². The molecule has 0 aliphatic heterocycles. The Hall–Kier alpha value is -1.04. The molecule has 2 aromatic heterocycles. The van der Waals surface area contributed by atoms with E-state index in [1.807, 2.05) is 6.07 Å². The molecular weight excluding hydrogens is 700 g/mol. The molecule has 5 rings (SSSR count). The smallest absolute Gasteiger partial charge is 0.225 e. The number of nitrogens with zero attached hydrogens (tertiary/aromatic N) is 4. The molecule has 0 amide bonds. The third-order valence-electron chi connectivity index (χ3n) is 9.38. The van der Waals surface area contributed by atoms with Gasteiger partial charge in [-0.1, -0.05) is 92.6 Å². The fraction of sp³-hybridized carbons (Fsp3) is 0.778. The van der Waals surface area contributed by atoms with Crippen LogP contribution in [0.5, 0.6) is 0 Å². The van der Waals surface area contributed by atoms with E-state index in [9.17, 15) is 0 Å². The molecule has 0 spiro atoms. The van der Waals surface area contributed by atoms with Gasteiger partial charge in [-0.05, 0) is 114 Å². The molecule has 3 saturated carbocycles. The molecule has 0 bridgehead atoms. The molecule has 3 aliphatic carbocycles. The Morgan fingerprint density at radius 2 is 1.00 bits per heavy atom. The highest BCUT2D eigenvalue weighted by Crippen LogP contribution is 2.19. The first-order valence-corrected chi connectivity index (χ1v) is 20.5. The van der Waals surface area contributed by atoms with Gasteiger partial charge in [0.05, 0.1) is 0 Å². The lowest BCUT2D eigenvalue weighted by atomic mass is 9.95. The molecule has 0 saturated heterocycles. The van der Waals surface area contributed by atoms with E-state index in [2.05, 4.69) is 41.2 Å². The van der Waals surface area contributed by atoms with Crippen molar-refractivity contribution in [3.63, 3.8) is 0 Å². The summed E-state index contributed by atoms with van der Waals surface area (Å²) < 4.78 is 0. The zero-order chi connectivity index (χ0) is 34.9. The summed E-state index contributed by atoms with van der Waals surface area (Å²) in [6, 6.07) is 5.60. The Morgan fingerprint density at radius 1 is 0.531 bits per heavy atom. The van der Waals surface area contributed by atoms with Gasteiger partial charge in [0, 0.05) is 36.4 Å². The van der Waals surface area contributed by atoms with Crippen LogP contribution in [0.25, 0.3) is 0 Å². The first-order valence-electron chi connectivity index (χ1n) is 18.9. The van der Waals surface area contributed by atoms with Gasteiger partial charge in [0.2, 0.25) is 11.2 Å². The zero-order valence-electron chi connectivity index (χ0n) is 29.4. The van der Waals surface area contributed by atoms with Crippen LogP contribution in [-0.4, -0.2) is 70.8 Å². The Balaban J connectivity index is 0.000000263. The Bertz CT molecular complexity index is 1030. The van der Waals surface area contributed by atoms with E-state index in [1.165, 1.54) is 109 Å². The van der Waals surface area contributed by atoms with Crippen molar-refractivity contribution in [1.29, 1.82) is 0 Å². The van der Waals surface area contributed by atoms with E-state index < -0.39 is 0 Å². The molecule has 0 unspecified atom stereocenters. The molecule has 2 heterocycles. The van der Waals surface area contributed by atoms with Gasteiger partial charge in [0.1, 0.15) is 15.5 Å². The van der Waals surface area contributed by atoms with Crippen LogP contribution in [0.3, 0.4) is 0 Å². The van der Waals surface area contributed by atoms with Crippen LogP contribution in [0, 0.1) is 0 Å². The molecule has 278 valence electrons. The summed E-state index contributed by atoms with van der Waals surface area (Å²) in [5.74, 6) is 0.672. The molecule has 3 fully saturated rings. The summed E-state index contributed by atoms with van der Waals surface area (Å²) in [6.07, 6.45) is 26.3. The van der Waals surface area contributed by atoms with Crippen LogP contribution in [0.15, 0.2) is 12.1 Å². The lowest BCUT2D eigenvalue weighted by Crippen LogP contribution is -2.32. The third kappa shape index (κ3) is 20.6. The molecule has 6 N–H and O–H groups in total. The SMILES string of the molecule is Clc1cc(CCCCNC2CCCCC2)nc(NCCCNC2CCCCC2)n1.Clc1cc(Cl)nc(Cl)n1.NCCCNC1CCCCC1. The van der Waals surface area contributed by atoms with Crippen LogP contribution in [0.1, 0.15) is 128 Å². The van der Waals surface area contributed by atoms with Crippen LogP contribution < -0.4 is 27.0 Å². The van der Waals surface area contributed by atoms with Crippen molar-refractivity contribution < 1.29 is 0 Å². The topological polar surface area (TPSA) is 126 Å². The predicted molar refractivity (Wildman–Crippen MR) is 208 cm³/mol. The van der Waals surface area contributed by atoms with Crippen molar-refractivity contribution in [1.82, 2.24) is 35.9 Å². The van der Waals surface area contributed by atoms with Crippen LogP contribution >= 0.6 is 46.4 Å². The van der Waals surface area contributed by atoms with Crippen molar-refractivity contribution in [3.05, 3.63) is 38.6 Å². The second-order valence-electron chi connectivity index (χ2n) is 13.5. The van der Waals surface area contributed by atoms with Crippen molar-refractivity contribution in [3.8, 4) is 0 Å². The minimum Gasteiger partial charge on any atom is -0.354 e. The van der Waals surface area contributed by atoms with E-state index in [1.54, 1.807) is 0 Å².